The second kappa shape index (κ2) is 8.99. The van der Waals surface area contributed by atoms with Crippen molar-refractivity contribution in [2.75, 3.05) is 19.7 Å². The van der Waals surface area contributed by atoms with E-state index in [4.69, 9.17) is 27.9 Å². The topological polar surface area (TPSA) is 58.6 Å². The Labute approximate surface area is 145 Å². The van der Waals surface area contributed by atoms with Crippen LogP contribution < -0.4 is 10.1 Å². The number of carbonyl (C=O) groups is 2. The average Bonchev–Trinajstić information content (AvgIpc) is 2.56. The fourth-order valence-corrected chi connectivity index (χ4v) is 2.74. The molecule has 0 saturated carbocycles. The number of benzene rings is 1. The number of nitrogens with one attached hydrogen (secondary N) is 1. The highest BCUT2D eigenvalue weighted by Crippen LogP contribution is 2.15. The second-order valence-electron chi connectivity index (χ2n) is 5.38. The van der Waals surface area contributed by atoms with Gasteiger partial charge in [0.05, 0.1) is 13.0 Å². The fraction of sp³-hybridized carbons (Fsp3) is 0.500. The van der Waals surface area contributed by atoms with Gasteiger partial charge in [-0.1, -0.05) is 41.4 Å². The Bertz CT molecular complexity index is 517. The first-order valence-electron chi connectivity index (χ1n) is 7.60. The molecule has 0 radical (unpaired) electrons. The van der Waals surface area contributed by atoms with E-state index in [1.807, 2.05) is 30.3 Å². The lowest BCUT2D eigenvalue weighted by Crippen LogP contribution is -2.47. The standard InChI is InChI=1S/C16H20Cl2N2O3/c17-15(18)16(22)20-9-6-12(7-10-20)19-14(21)8-11-23-13-4-2-1-3-5-13/h1-5,12,15H,6-11H2,(H,19,21). The summed E-state index contributed by atoms with van der Waals surface area (Å²) in [7, 11) is 0. The Morgan fingerprint density at radius 2 is 1.87 bits per heavy atom. The molecule has 2 amide bonds. The van der Waals surface area contributed by atoms with E-state index in [0.717, 1.165) is 5.75 Å². The van der Waals surface area contributed by atoms with Crippen LogP contribution >= 0.6 is 23.2 Å². The Morgan fingerprint density at radius 3 is 2.48 bits per heavy atom. The van der Waals surface area contributed by atoms with Crippen LogP contribution in [-0.2, 0) is 9.59 Å². The van der Waals surface area contributed by atoms with E-state index in [-0.39, 0.29) is 17.9 Å². The summed E-state index contributed by atoms with van der Waals surface area (Å²) < 4.78 is 5.50. The van der Waals surface area contributed by atoms with E-state index >= 15 is 0 Å². The maximum atomic E-state index is 11.9. The average molecular weight is 359 g/mol. The maximum Gasteiger partial charge on any atom is 0.255 e. The molecule has 7 heteroatoms. The molecule has 1 aromatic carbocycles. The summed E-state index contributed by atoms with van der Waals surface area (Å²) in [6, 6.07) is 9.46. The minimum atomic E-state index is -1.02. The van der Waals surface area contributed by atoms with Crippen LogP contribution in [0.5, 0.6) is 5.75 Å². The van der Waals surface area contributed by atoms with Crippen molar-refractivity contribution in [2.45, 2.75) is 30.1 Å². The van der Waals surface area contributed by atoms with Gasteiger partial charge in [0.1, 0.15) is 5.75 Å². The van der Waals surface area contributed by atoms with Crippen molar-refractivity contribution in [2.24, 2.45) is 0 Å². The van der Waals surface area contributed by atoms with E-state index in [1.165, 1.54) is 0 Å². The third kappa shape index (κ3) is 5.92. The normalized spacial score (nSPS) is 15.5. The van der Waals surface area contributed by atoms with Crippen LogP contribution in [0.25, 0.3) is 0 Å². The summed E-state index contributed by atoms with van der Waals surface area (Å²) in [4.78, 5) is 24.2. The Morgan fingerprint density at radius 1 is 1.22 bits per heavy atom. The number of hydrogen-bond donors (Lipinski definition) is 1. The largest absolute Gasteiger partial charge is 0.493 e. The van der Waals surface area contributed by atoms with Crippen LogP contribution in [0.4, 0.5) is 0 Å². The molecule has 0 aromatic heterocycles. The number of ether oxygens (including phenoxy) is 1. The molecule has 126 valence electrons. The number of amides is 2. The molecule has 1 aliphatic rings. The van der Waals surface area contributed by atoms with Crippen LogP contribution in [-0.4, -0.2) is 47.3 Å². The molecule has 0 unspecified atom stereocenters. The number of para-hydroxylation sites is 1. The molecule has 0 aliphatic carbocycles. The molecule has 2 rings (SSSR count). The molecule has 1 fully saturated rings. The summed E-state index contributed by atoms with van der Waals surface area (Å²) in [6.45, 7) is 1.45. The number of piperidine rings is 1. The zero-order valence-electron chi connectivity index (χ0n) is 12.7. The van der Waals surface area contributed by atoms with Crippen molar-refractivity contribution in [3.05, 3.63) is 30.3 Å². The molecule has 23 heavy (non-hydrogen) atoms. The monoisotopic (exact) mass is 358 g/mol. The first-order valence-corrected chi connectivity index (χ1v) is 8.47. The van der Waals surface area contributed by atoms with Gasteiger partial charge in [-0.2, -0.15) is 0 Å². The van der Waals surface area contributed by atoms with Gasteiger partial charge in [0.25, 0.3) is 5.91 Å². The summed E-state index contributed by atoms with van der Waals surface area (Å²) >= 11 is 11.2. The van der Waals surface area contributed by atoms with Crippen molar-refractivity contribution in [3.8, 4) is 5.75 Å². The summed E-state index contributed by atoms with van der Waals surface area (Å²) in [5, 5.41) is 2.97. The molecule has 5 nitrogen and oxygen atoms in total. The van der Waals surface area contributed by atoms with Crippen molar-refractivity contribution in [1.29, 1.82) is 0 Å². The number of alkyl halides is 2. The number of hydrogen-bond acceptors (Lipinski definition) is 3. The minimum Gasteiger partial charge on any atom is -0.493 e. The number of rotatable bonds is 6. The van der Waals surface area contributed by atoms with E-state index in [2.05, 4.69) is 5.32 Å². The molecule has 0 atom stereocenters. The molecule has 1 aliphatic heterocycles. The van der Waals surface area contributed by atoms with Gasteiger partial charge in [0.15, 0.2) is 4.84 Å². The number of carbonyl (C=O) groups excluding carboxylic acids is 2. The molecule has 0 spiro atoms. The van der Waals surface area contributed by atoms with Gasteiger partial charge in [0, 0.05) is 19.1 Å². The van der Waals surface area contributed by atoms with Crippen LogP contribution in [0.15, 0.2) is 30.3 Å². The molecule has 1 N–H and O–H groups in total. The molecule has 1 aromatic rings. The number of nitrogens with zero attached hydrogens (tertiary/aromatic N) is 1. The van der Waals surface area contributed by atoms with Gasteiger partial charge in [-0.05, 0) is 25.0 Å². The SMILES string of the molecule is O=C(CCOc1ccccc1)NC1CCN(C(=O)C(Cl)Cl)CC1. The van der Waals surface area contributed by atoms with E-state index in [1.54, 1.807) is 4.90 Å². The van der Waals surface area contributed by atoms with Gasteiger partial charge in [0.2, 0.25) is 5.91 Å². The molecule has 1 heterocycles. The number of halogens is 2. The quantitative estimate of drug-likeness (QED) is 0.794. The third-order valence-electron chi connectivity index (χ3n) is 3.70. The number of likely N-dealkylation sites (tertiary alicyclic amines) is 1. The van der Waals surface area contributed by atoms with Crippen molar-refractivity contribution in [1.82, 2.24) is 10.2 Å². The molecular formula is C16H20Cl2N2O3. The Kier molecular flexibility index (Phi) is 6.99. The van der Waals surface area contributed by atoms with Crippen LogP contribution in [0.3, 0.4) is 0 Å². The van der Waals surface area contributed by atoms with Crippen molar-refractivity contribution in [3.63, 3.8) is 0 Å². The highest BCUT2D eigenvalue weighted by atomic mass is 35.5. The molecule has 1 saturated heterocycles. The lowest BCUT2D eigenvalue weighted by molar-refractivity contribution is -0.130. The zero-order chi connectivity index (χ0) is 16.7. The lowest BCUT2D eigenvalue weighted by Gasteiger charge is -2.32. The maximum absolute atomic E-state index is 11.9. The van der Waals surface area contributed by atoms with Crippen molar-refractivity contribution >= 4 is 35.0 Å². The molecular weight excluding hydrogens is 339 g/mol. The Hall–Kier alpha value is -1.46. The van der Waals surface area contributed by atoms with Gasteiger partial charge in [-0.25, -0.2) is 0 Å². The van der Waals surface area contributed by atoms with Crippen LogP contribution in [0.1, 0.15) is 19.3 Å². The first kappa shape index (κ1) is 17.9. The third-order valence-corrected chi connectivity index (χ3v) is 4.07. The van der Waals surface area contributed by atoms with Crippen LogP contribution in [0.2, 0.25) is 0 Å². The van der Waals surface area contributed by atoms with Crippen molar-refractivity contribution < 1.29 is 14.3 Å². The van der Waals surface area contributed by atoms with E-state index in [9.17, 15) is 9.59 Å². The second-order valence-corrected chi connectivity index (χ2v) is 6.48. The highest BCUT2D eigenvalue weighted by Gasteiger charge is 2.26. The smallest absolute Gasteiger partial charge is 0.255 e. The van der Waals surface area contributed by atoms with Crippen LogP contribution in [0, 0.1) is 0 Å². The lowest BCUT2D eigenvalue weighted by atomic mass is 10.0. The highest BCUT2D eigenvalue weighted by molar-refractivity contribution is 6.53. The summed E-state index contributed by atoms with van der Waals surface area (Å²) in [5.41, 5.74) is 0. The summed E-state index contributed by atoms with van der Waals surface area (Å²) in [5.74, 6) is 0.441. The summed E-state index contributed by atoms with van der Waals surface area (Å²) in [6.07, 6.45) is 1.72. The first-order chi connectivity index (χ1) is 11.1. The van der Waals surface area contributed by atoms with E-state index in [0.29, 0.717) is 39.0 Å². The van der Waals surface area contributed by atoms with Gasteiger partial charge < -0.3 is 15.0 Å². The predicted octanol–water partition coefficient (Wildman–Crippen LogP) is 2.37. The van der Waals surface area contributed by atoms with Gasteiger partial charge in [-0.15, -0.1) is 0 Å². The van der Waals surface area contributed by atoms with Gasteiger partial charge in [-0.3, -0.25) is 9.59 Å². The zero-order valence-corrected chi connectivity index (χ0v) is 14.2. The fourth-order valence-electron chi connectivity index (χ4n) is 2.46. The Balaban J connectivity index is 1.64. The molecule has 0 bridgehead atoms. The van der Waals surface area contributed by atoms with Gasteiger partial charge >= 0.3 is 0 Å². The predicted molar refractivity (Wildman–Crippen MR) is 89.8 cm³/mol. The van der Waals surface area contributed by atoms with E-state index < -0.39 is 4.84 Å². The minimum absolute atomic E-state index is 0.0433.